The summed E-state index contributed by atoms with van der Waals surface area (Å²) in [7, 11) is 0. The van der Waals surface area contributed by atoms with Crippen molar-refractivity contribution in [2.45, 2.75) is 46.5 Å². The van der Waals surface area contributed by atoms with Crippen molar-refractivity contribution in [3.8, 4) is 0 Å². The van der Waals surface area contributed by atoms with Gasteiger partial charge in [-0.2, -0.15) is 0 Å². The molecule has 1 unspecified atom stereocenters. The van der Waals surface area contributed by atoms with E-state index in [1.54, 1.807) is 4.90 Å². The zero-order valence-corrected chi connectivity index (χ0v) is 17.9. The molecule has 6 heteroatoms. The molecule has 0 saturated carbocycles. The Balaban J connectivity index is 1.45. The summed E-state index contributed by atoms with van der Waals surface area (Å²) in [5.41, 5.74) is 2.63. The molecule has 0 aromatic heterocycles. The second-order valence-corrected chi connectivity index (χ2v) is 8.75. The van der Waals surface area contributed by atoms with Gasteiger partial charge in [0.1, 0.15) is 0 Å². The number of carbonyl (C=O) groups excluding carboxylic acids is 3. The van der Waals surface area contributed by atoms with Crippen molar-refractivity contribution in [3.05, 3.63) is 34.9 Å². The molecule has 158 valence electrons. The number of aryl methyl sites for hydroxylation is 2. The third kappa shape index (κ3) is 5.58. The number of piperidine rings is 2. The zero-order valence-electron chi connectivity index (χ0n) is 17.9. The van der Waals surface area contributed by atoms with Gasteiger partial charge in [-0.25, -0.2) is 0 Å². The van der Waals surface area contributed by atoms with Gasteiger partial charge < -0.3 is 15.1 Å². The average Bonchev–Trinajstić information content (AvgIpc) is 2.70. The van der Waals surface area contributed by atoms with Gasteiger partial charge in [0.25, 0.3) is 5.91 Å². The van der Waals surface area contributed by atoms with E-state index in [-0.39, 0.29) is 30.2 Å². The SMILES string of the molecule is Cc1cc(C)cc(C(=O)NCC(=O)N2CCC(C(=O)N3CCCC(C)C3)CC2)c1. The molecule has 6 nitrogen and oxygen atoms in total. The van der Waals surface area contributed by atoms with Gasteiger partial charge in [-0.15, -0.1) is 0 Å². The number of likely N-dealkylation sites (tertiary alicyclic amines) is 2. The molecule has 2 heterocycles. The first-order valence-corrected chi connectivity index (χ1v) is 10.8. The van der Waals surface area contributed by atoms with Crippen LogP contribution in [0.5, 0.6) is 0 Å². The quantitative estimate of drug-likeness (QED) is 0.846. The van der Waals surface area contributed by atoms with Gasteiger partial charge in [0.05, 0.1) is 6.54 Å². The van der Waals surface area contributed by atoms with E-state index in [0.29, 0.717) is 37.4 Å². The van der Waals surface area contributed by atoms with Gasteiger partial charge in [0.2, 0.25) is 11.8 Å². The minimum atomic E-state index is -0.227. The van der Waals surface area contributed by atoms with Gasteiger partial charge >= 0.3 is 0 Å². The number of hydrogen-bond donors (Lipinski definition) is 1. The van der Waals surface area contributed by atoms with Crippen molar-refractivity contribution < 1.29 is 14.4 Å². The van der Waals surface area contributed by atoms with E-state index >= 15 is 0 Å². The smallest absolute Gasteiger partial charge is 0.251 e. The fourth-order valence-electron chi connectivity index (χ4n) is 4.50. The highest BCUT2D eigenvalue weighted by Crippen LogP contribution is 2.23. The van der Waals surface area contributed by atoms with Gasteiger partial charge in [0, 0.05) is 37.7 Å². The molecule has 3 amide bonds. The van der Waals surface area contributed by atoms with Crippen LogP contribution in [0, 0.1) is 25.7 Å². The van der Waals surface area contributed by atoms with E-state index in [9.17, 15) is 14.4 Å². The van der Waals surface area contributed by atoms with Crippen LogP contribution in [0.25, 0.3) is 0 Å². The van der Waals surface area contributed by atoms with Gasteiger partial charge in [-0.1, -0.05) is 24.1 Å². The van der Waals surface area contributed by atoms with Crippen LogP contribution in [-0.2, 0) is 9.59 Å². The summed E-state index contributed by atoms with van der Waals surface area (Å²) in [6.07, 6.45) is 3.70. The Labute approximate surface area is 173 Å². The van der Waals surface area contributed by atoms with Crippen LogP contribution >= 0.6 is 0 Å². The highest BCUT2D eigenvalue weighted by Gasteiger charge is 2.31. The van der Waals surface area contributed by atoms with Crippen LogP contribution in [0.4, 0.5) is 0 Å². The van der Waals surface area contributed by atoms with Crippen molar-refractivity contribution in [1.82, 2.24) is 15.1 Å². The maximum absolute atomic E-state index is 12.8. The molecule has 2 saturated heterocycles. The maximum atomic E-state index is 12.8. The molecule has 0 aliphatic carbocycles. The minimum Gasteiger partial charge on any atom is -0.343 e. The van der Waals surface area contributed by atoms with Crippen LogP contribution in [0.3, 0.4) is 0 Å². The predicted octanol–water partition coefficient (Wildman–Crippen LogP) is 2.53. The summed E-state index contributed by atoms with van der Waals surface area (Å²) in [6, 6.07) is 5.66. The number of benzene rings is 1. The van der Waals surface area contributed by atoms with E-state index in [1.807, 2.05) is 36.9 Å². The Morgan fingerprint density at radius 1 is 0.966 bits per heavy atom. The van der Waals surface area contributed by atoms with Crippen LogP contribution in [-0.4, -0.2) is 60.2 Å². The first-order valence-electron chi connectivity index (χ1n) is 10.8. The van der Waals surface area contributed by atoms with Crippen molar-refractivity contribution in [1.29, 1.82) is 0 Å². The normalized spacial score (nSPS) is 20.4. The van der Waals surface area contributed by atoms with Crippen LogP contribution in [0.15, 0.2) is 18.2 Å². The van der Waals surface area contributed by atoms with Crippen LogP contribution < -0.4 is 5.32 Å². The molecule has 29 heavy (non-hydrogen) atoms. The average molecular weight is 400 g/mol. The number of rotatable bonds is 4. The molecule has 1 atom stereocenters. The number of carbonyl (C=O) groups is 3. The molecule has 1 aromatic rings. The van der Waals surface area contributed by atoms with Crippen LogP contribution in [0.2, 0.25) is 0 Å². The number of amides is 3. The summed E-state index contributed by atoms with van der Waals surface area (Å²) in [6.45, 7) is 8.99. The lowest BCUT2D eigenvalue weighted by Gasteiger charge is -2.37. The van der Waals surface area contributed by atoms with Crippen molar-refractivity contribution in [2.75, 3.05) is 32.7 Å². The van der Waals surface area contributed by atoms with Crippen molar-refractivity contribution >= 4 is 17.7 Å². The second kappa shape index (κ2) is 9.42. The van der Waals surface area contributed by atoms with Gasteiger partial charge in [-0.05, 0) is 57.6 Å². The Morgan fingerprint density at radius 3 is 2.24 bits per heavy atom. The molecule has 0 spiro atoms. The summed E-state index contributed by atoms with van der Waals surface area (Å²) in [5.74, 6) is 0.547. The molecule has 0 bridgehead atoms. The van der Waals surface area contributed by atoms with E-state index in [4.69, 9.17) is 0 Å². The highest BCUT2D eigenvalue weighted by atomic mass is 16.2. The summed E-state index contributed by atoms with van der Waals surface area (Å²) in [5, 5.41) is 2.74. The third-order valence-corrected chi connectivity index (χ3v) is 6.05. The lowest BCUT2D eigenvalue weighted by Crippen LogP contribution is -2.48. The molecule has 0 radical (unpaired) electrons. The van der Waals surface area contributed by atoms with E-state index in [0.717, 1.165) is 30.6 Å². The largest absolute Gasteiger partial charge is 0.343 e. The molecule has 2 aliphatic rings. The van der Waals surface area contributed by atoms with Crippen molar-refractivity contribution in [3.63, 3.8) is 0 Å². The standard InChI is InChI=1S/C23H33N3O3/c1-16-5-4-8-26(15-16)23(29)19-6-9-25(10-7-19)21(27)14-24-22(28)20-12-17(2)11-18(3)13-20/h11-13,16,19H,4-10,14-15H2,1-3H3,(H,24,28). The van der Waals surface area contributed by atoms with Crippen molar-refractivity contribution in [2.24, 2.45) is 11.8 Å². The van der Waals surface area contributed by atoms with E-state index < -0.39 is 0 Å². The topological polar surface area (TPSA) is 69.7 Å². The van der Waals surface area contributed by atoms with Crippen LogP contribution in [0.1, 0.15) is 54.1 Å². The van der Waals surface area contributed by atoms with E-state index in [1.165, 1.54) is 6.42 Å². The lowest BCUT2D eigenvalue weighted by atomic mass is 9.92. The molecule has 2 aliphatic heterocycles. The minimum absolute atomic E-state index is 0.00588. The van der Waals surface area contributed by atoms with Gasteiger partial charge in [-0.3, -0.25) is 14.4 Å². The Kier molecular flexibility index (Phi) is 6.93. The first kappa shape index (κ1) is 21.3. The Bertz CT molecular complexity index is 748. The summed E-state index contributed by atoms with van der Waals surface area (Å²) < 4.78 is 0. The van der Waals surface area contributed by atoms with Gasteiger partial charge in [0.15, 0.2) is 0 Å². The van der Waals surface area contributed by atoms with E-state index in [2.05, 4.69) is 12.2 Å². The fraction of sp³-hybridized carbons (Fsp3) is 0.609. The number of nitrogens with one attached hydrogen (secondary N) is 1. The Hall–Kier alpha value is -2.37. The zero-order chi connectivity index (χ0) is 21.0. The monoisotopic (exact) mass is 399 g/mol. The molecule has 3 rings (SSSR count). The number of nitrogens with zero attached hydrogens (tertiary/aromatic N) is 2. The number of hydrogen-bond acceptors (Lipinski definition) is 3. The lowest BCUT2D eigenvalue weighted by molar-refractivity contribution is -0.141. The second-order valence-electron chi connectivity index (χ2n) is 8.75. The molecular weight excluding hydrogens is 366 g/mol. The summed E-state index contributed by atoms with van der Waals surface area (Å²) >= 11 is 0. The molecular formula is C23H33N3O3. The maximum Gasteiger partial charge on any atom is 0.251 e. The molecule has 2 fully saturated rings. The third-order valence-electron chi connectivity index (χ3n) is 6.05. The first-order chi connectivity index (χ1) is 13.8. The molecule has 1 N–H and O–H groups in total. The summed E-state index contributed by atoms with van der Waals surface area (Å²) in [4.78, 5) is 41.4. The fourth-order valence-corrected chi connectivity index (χ4v) is 4.50. The Morgan fingerprint density at radius 2 is 1.62 bits per heavy atom. The highest BCUT2D eigenvalue weighted by molar-refractivity contribution is 5.96. The predicted molar refractivity (Wildman–Crippen MR) is 113 cm³/mol. The molecule has 1 aromatic carbocycles.